The molecule has 106 valence electrons. The predicted octanol–water partition coefficient (Wildman–Crippen LogP) is 3.20. The number of fused-ring (bicyclic) bond motifs is 2. The largest absolute Gasteiger partial charge is 0.335 e. The molecule has 2 heteroatoms. The molecule has 2 atom stereocenters. The first-order valence-electron chi connectivity index (χ1n) is 7.71. The average molecular weight is 277 g/mol. The highest BCUT2D eigenvalue weighted by atomic mass is 16.2. The second kappa shape index (κ2) is 5.03. The molecule has 1 saturated heterocycles. The third kappa shape index (κ3) is 2.25. The van der Waals surface area contributed by atoms with E-state index in [2.05, 4.69) is 41.3 Å². The van der Waals surface area contributed by atoms with Crippen LogP contribution in [0.5, 0.6) is 0 Å². The molecule has 2 aliphatic rings. The van der Waals surface area contributed by atoms with Crippen LogP contribution in [0.15, 0.2) is 54.6 Å². The third-order valence-electron chi connectivity index (χ3n) is 4.93. The molecule has 4 rings (SSSR count). The van der Waals surface area contributed by atoms with Gasteiger partial charge in [-0.15, -0.1) is 0 Å². The predicted molar refractivity (Wildman–Crippen MR) is 82.7 cm³/mol. The van der Waals surface area contributed by atoms with E-state index in [1.165, 1.54) is 16.7 Å². The molecule has 0 saturated carbocycles. The molecule has 1 aliphatic heterocycles. The molecule has 1 amide bonds. The lowest BCUT2D eigenvalue weighted by atomic mass is 9.80. The zero-order valence-electron chi connectivity index (χ0n) is 12.0. The summed E-state index contributed by atoms with van der Waals surface area (Å²) in [5.74, 6) is 0.817. The van der Waals surface area contributed by atoms with Crippen molar-refractivity contribution in [1.29, 1.82) is 0 Å². The van der Waals surface area contributed by atoms with Crippen LogP contribution in [0.3, 0.4) is 0 Å². The molecule has 2 aromatic rings. The number of nitrogens with zero attached hydrogens (tertiary/aromatic N) is 1. The molecule has 0 bridgehead atoms. The molecule has 2 aromatic carbocycles. The summed E-state index contributed by atoms with van der Waals surface area (Å²) in [6.07, 6.45) is 2.78. The van der Waals surface area contributed by atoms with E-state index in [0.717, 1.165) is 19.4 Å². The summed E-state index contributed by atoms with van der Waals surface area (Å²) >= 11 is 0. The van der Waals surface area contributed by atoms with Gasteiger partial charge in [0, 0.05) is 19.0 Å². The molecule has 0 N–H and O–H groups in total. The van der Waals surface area contributed by atoms with E-state index in [9.17, 15) is 4.79 Å². The lowest BCUT2D eigenvalue weighted by Gasteiger charge is -2.33. The monoisotopic (exact) mass is 277 g/mol. The Bertz CT molecular complexity index is 664. The smallest absolute Gasteiger partial charge is 0.223 e. The van der Waals surface area contributed by atoms with E-state index >= 15 is 0 Å². The number of rotatable bonds is 2. The number of amides is 1. The van der Waals surface area contributed by atoms with Crippen molar-refractivity contribution in [3.05, 3.63) is 71.3 Å². The Labute approximate surface area is 125 Å². The second-order valence-corrected chi connectivity index (χ2v) is 6.22. The van der Waals surface area contributed by atoms with Crippen molar-refractivity contribution in [1.82, 2.24) is 4.90 Å². The maximum absolute atomic E-state index is 12.4. The summed E-state index contributed by atoms with van der Waals surface area (Å²) in [6, 6.07) is 19.4. The van der Waals surface area contributed by atoms with Gasteiger partial charge in [0.1, 0.15) is 0 Å². The Kier molecular flexibility index (Phi) is 3.03. The number of likely N-dealkylation sites (tertiary alicyclic amines) is 1. The van der Waals surface area contributed by atoms with Crippen molar-refractivity contribution in [3.8, 4) is 0 Å². The van der Waals surface area contributed by atoms with Crippen molar-refractivity contribution in [2.24, 2.45) is 5.92 Å². The van der Waals surface area contributed by atoms with Crippen LogP contribution in [0.2, 0.25) is 0 Å². The first-order chi connectivity index (χ1) is 10.3. The zero-order chi connectivity index (χ0) is 14.2. The van der Waals surface area contributed by atoms with Crippen LogP contribution in [0.4, 0.5) is 0 Å². The Morgan fingerprint density at radius 3 is 2.29 bits per heavy atom. The van der Waals surface area contributed by atoms with Crippen LogP contribution in [-0.4, -0.2) is 16.8 Å². The van der Waals surface area contributed by atoms with Crippen LogP contribution < -0.4 is 0 Å². The average Bonchev–Trinajstić information content (AvgIpc) is 2.81. The minimum Gasteiger partial charge on any atom is -0.335 e. The molecule has 1 aliphatic carbocycles. The van der Waals surface area contributed by atoms with Crippen LogP contribution >= 0.6 is 0 Å². The number of hydrogen-bond acceptors (Lipinski definition) is 1. The maximum Gasteiger partial charge on any atom is 0.223 e. The highest BCUT2D eigenvalue weighted by Gasteiger charge is 2.41. The van der Waals surface area contributed by atoms with Gasteiger partial charge in [-0.25, -0.2) is 0 Å². The molecule has 1 heterocycles. The fourth-order valence-electron chi connectivity index (χ4n) is 3.85. The van der Waals surface area contributed by atoms with Crippen molar-refractivity contribution < 1.29 is 4.79 Å². The molecular weight excluding hydrogens is 258 g/mol. The third-order valence-corrected chi connectivity index (χ3v) is 4.93. The van der Waals surface area contributed by atoms with Gasteiger partial charge < -0.3 is 4.90 Å². The van der Waals surface area contributed by atoms with Gasteiger partial charge in [0.2, 0.25) is 5.91 Å². The van der Waals surface area contributed by atoms with E-state index < -0.39 is 0 Å². The highest BCUT2D eigenvalue weighted by molar-refractivity contribution is 5.79. The standard InChI is InChI=1S/C19H19NO/c21-19-12-17-10-15-8-4-5-9-16(15)11-18(17)20(19)13-14-6-2-1-3-7-14/h1-9,17-18H,10-13H2/t17-,18-/m0/s1. The zero-order valence-corrected chi connectivity index (χ0v) is 12.0. The van der Waals surface area contributed by atoms with Crippen molar-refractivity contribution in [2.75, 3.05) is 0 Å². The summed E-state index contributed by atoms with van der Waals surface area (Å²) in [5, 5.41) is 0. The Morgan fingerprint density at radius 2 is 1.52 bits per heavy atom. The van der Waals surface area contributed by atoms with Crippen LogP contribution in [0.1, 0.15) is 23.1 Å². The highest BCUT2D eigenvalue weighted by Crippen LogP contribution is 2.37. The Morgan fingerprint density at radius 1 is 0.857 bits per heavy atom. The Hall–Kier alpha value is -2.09. The first-order valence-corrected chi connectivity index (χ1v) is 7.71. The van der Waals surface area contributed by atoms with Crippen LogP contribution in [0.25, 0.3) is 0 Å². The maximum atomic E-state index is 12.4. The van der Waals surface area contributed by atoms with Crippen molar-refractivity contribution in [2.45, 2.75) is 31.8 Å². The van der Waals surface area contributed by atoms with Crippen molar-refractivity contribution >= 4 is 5.91 Å². The van der Waals surface area contributed by atoms with Gasteiger partial charge in [-0.2, -0.15) is 0 Å². The number of benzene rings is 2. The summed E-state index contributed by atoms with van der Waals surface area (Å²) in [6.45, 7) is 0.753. The summed E-state index contributed by atoms with van der Waals surface area (Å²) < 4.78 is 0. The van der Waals surface area contributed by atoms with Gasteiger partial charge in [0.15, 0.2) is 0 Å². The topological polar surface area (TPSA) is 20.3 Å². The van der Waals surface area contributed by atoms with E-state index in [1.807, 2.05) is 18.2 Å². The normalized spacial score (nSPS) is 23.8. The van der Waals surface area contributed by atoms with E-state index in [4.69, 9.17) is 0 Å². The number of carbonyl (C=O) groups is 1. The Balaban J connectivity index is 1.60. The molecule has 2 nitrogen and oxygen atoms in total. The van der Waals surface area contributed by atoms with E-state index in [-0.39, 0.29) is 0 Å². The molecule has 21 heavy (non-hydrogen) atoms. The summed E-state index contributed by atoms with van der Waals surface area (Å²) in [7, 11) is 0. The fraction of sp³-hybridized carbons (Fsp3) is 0.316. The summed E-state index contributed by atoms with van der Waals surface area (Å²) in [4.78, 5) is 14.5. The van der Waals surface area contributed by atoms with Gasteiger partial charge in [-0.3, -0.25) is 4.79 Å². The van der Waals surface area contributed by atoms with Gasteiger partial charge in [0.05, 0.1) is 0 Å². The van der Waals surface area contributed by atoms with Crippen LogP contribution in [0, 0.1) is 5.92 Å². The van der Waals surface area contributed by atoms with Gasteiger partial charge >= 0.3 is 0 Å². The lowest BCUT2D eigenvalue weighted by molar-refractivity contribution is -0.129. The minimum atomic E-state index is 0.321. The van der Waals surface area contributed by atoms with Gasteiger partial charge in [-0.1, -0.05) is 54.6 Å². The molecule has 0 spiro atoms. The molecular formula is C19H19NO. The second-order valence-electron chi connectivity index (χ2n) is 6.22. The molecule has 0 unspecified atom stereocenters. The van der Waals surface area contributed by atoms with E-state index in [1.54, 1.807) is 0 Å². The molecule has 0 aromatic heterocycles. The van der Waals surface area contributed by atoms with E-state index in [0.29, 0.717) is 24.3 Å². The summed E-state index contributed by atoms with van der Waals surface area (Å²) in [5.41, 5.74) is 4.09. The number of hydrogen-bond donors (Lipinski definition) is 0. The SMILES string of the molecule is O=C1C[C@@H]2Cc3ccccc3C[C@@H]2N1Cc1ccccc1. The van der Waals surface area contributed by atoms with Gasteiger partial charge in [-0.05, 0) is 35.4 Å². The quantitative estimate of drug-likeness (QED) is 0.825. The lowest BCUT2D eigenvalue weighted by Crippen LogP contribution is -2.39. The molecule has 0 radical (unpaired) electrons. The minimum absolute atomic E-state index is 0.321. The number of carbonyl (C=O) groups excluding carboxylic acids is 1. The van der Waals surface area contributed by atoms with Gasteiger partial charge in [0.25, 0.3) is 0 Å². The van der Waals surface area contributed by atoms with Crippen LogP contribution in [-0.2, 0) is 24.2 Å². The van der Waals surface area contributed by atoms with Crippen molar-refractivity contribution in [3.63, 3.8) is 0 Å². The first kappa shape index (κ1) is 12.6. The molecule has 1 fully saturated rings. The fourth-order valence-corrected chi connectivity index (χ4v) is 3.85.